The maximum atomic E-state index is 8.78. The molecule has 4 nitrogen and oxygen atoms in total. The number of primary amides is 1. The monoisotopic (exact) mass is 260 g/mol. The summed E-state index contributed by atoms with van der Waals surface area (Å²) in [7, 11) is 3.55. The first-order valence-corrected chi connectivity index (χ1v) is 7.49. The molecule has 0 unspecified atom stereocenters. The Balaban J connectivity index is -0.000000135. The summed E-state index contributed by atoms with van der Waals surface area (Å²) in [5.74, 6) is 0. The van der Waals surface area contributed by atoms with Gasteiger partial charge >= 0.3 is 6.09 Å². The van der Waals surface area contributed by atoms with Crippen LogP contribution in [0.2, 0.25) is 0 Å². The van der Waals surface area contributed by atoms with Gasteiger partial charge in [0.05, 0.1) is 0 Å². The summed E-state index contributed by atoms with van der Waals surface area (Å²) in [4.78, 5) is 8.78. The SMILES string of the molecule is CC(C)(C)SN.CSSC.NC(=O)O. The molecule has 0 heterocycles. The summed E-state index contributed by atoms with van der Waals surface area (Å²) in [6, 6.07) is 0. The molecule has 5 N–H and O–H groups in total. The van der Waals surface area contributed by atoms with Crippen LogP contribution in [0.25, 0.3) is 0 Å². The van der Waals surface area contributed by atoms with Gasteiger partial charge in [-0.1, -0.05) is 33.5 Å². The van der Waals surface area contributed by atoms with E-state index in [-0.39, 0.29) is 4.75 Å². The molecule has 88 valence electrons. The van der Waals surface area contributed by atoms with Crippen LogP contribution in [0, 0.1) is 0 Å². The fraction of sp³-hybridized carbons (Fsp3) is 0.857. The molecule has 0 aromatic carbocycles. The molecule has 0 atom stereocenters. The summed E-state index contributed by atoms with van der Waals surface area (Å²) in [6.07, 6.45) is 2.79. The fourth-order valence-electron chi connectivity index (χ4n) is 0. The van der Waals surface area contributed by atoms with Crippen molar-refractivity contribution in [3.63, 3.8) is 0 Å². The van der Waals surface area contributed by atoms with Crippen LogP contribution < -0.4 is 10.9 Å². The van der Waals surface area contributed by atoms with Crippen molar-refractivity contribution in [3.05, 3.63) is 0 Å². The highest BCUT2D eigenvalue weighted by atomic mass is 33.1. The van der Waals surface area contributed by atoms with Crippen LogP contribution in [-0.2, 0) is 0 Å². The normalized spacial score (nSPS) is 9.00. The van der Waals surface area contributed by atoms with Crippen molar-refractivity contribution in [2.75, 3.05) is 12.5 Å². The van der Waals surface area contributed by atoms with Gasteiger partial charge in [0.1, 0.15) is 0 Å². The first-order valence-electron chi connectivity index (χ1n) is 3.64. The van der Waals surface area contributed by atoms with Crippen molar-refractivity contribution in [2.45, 2.75) is 25.5 Å². The zero-order valence-electron chi connectivity index (χ0n) is 9.23. The lowest BCUT2D eigenvalue weighted by molar-refractivity contribution is 0.205. The highest BCUT2D eigenvalue weighted by molar-refractivity contribution is 8.76. The minimum atomic E-state index is -1.33. The molecule has 7 heteroatoms. The van der Waals surface area contributed by atoms with Gasteiger partial charge in [0, 0.05) is 4.75 Å². The molecule has 0 radical (unpaired) electrons. The molecule has 0 aromatic heterocycles. The minimum Gasteiger partial charge on any atom is -0.465 e. The van der Waals surface area contributed by atoms with Gasteiger partial charge in [-0.15, -0.1) is 0 Å². The molecule has 0 saturated heterocycles. The second kappa shape index (κ2) is 13.3. The van der Waals surface area contributed by atoms with Crippen LogP contribution in [0.1, 0.15) is 20.8 Å². The second-order valence-corrected chi connectivity index (χ2v) is 7.03. The second-order valence-electron chi connectivity index (χ2n) is 2.90. The van der Waals surface area contributed by atoms with Gasteiger partial charge in [0.25, 0.3) is 0 Å². The molecule has 0 bridgehead atoms. The third kappa shape index (κ3) is 85.3. The zero-order chi connectivity index (χ0) is 12.2. The maximum Gasteiger partial charge on any atom is 0.402 e. The van der Waals surface area contributed by atoms with E-state index in [9.17, 15) is 0 Å². The summed E-state index contributed by atoms with van der Waals surface area (Å²) >= 11 is 1.38. The van der Waals surface area contributed by atoms with Gasteiger partial charge in [-0.05, 0) is 33.3 Å². The first-order chi connectivity index (χ1) is 6.21. The van der Waals surface area contributed by atoms with Gasteiger partial charge < -0.3 is 10.8 Å². The van der Waals surface area contributed by atoms with E-state index in [0.717, 1.165) is 0 Å². The molecule has 14 heavy (non-hydrogen) atoms. The predicted molar refractivity (Wildman–Crippen MR) is 70.8 cm³/mol. The Bertz CT molecular complexity index is 123. The first kappa shape index (κ1) is 19.8. The summed E-state index contributed by atoms with van der Waals surface area (Å²) in [5, 5.41) is 12.4. The van der Waals surface area contributed by atoms with E-state index in [4.69, 9.17) is 15.0 Å². The highest BCUT2D eigenvalue weighted by Gasteiger charge is 2.05. The van der Waals surface area contributed by atoms with Crippen molar-refractivity contribution in [1.82, 2.24) is 0 Å². The van der Waals surface area contributed by atoms with Crippen molar-refractivity contribution in [3.8, 4) is 0 Å². The lowest BCUT2D eigenvalue weighted by atomic mass is 10.3. The number of hydrogen-bond donors (Lipinski definition) is 3. The molecule has 0 spiro atoms. The van der Waals surface area contributed by atoms with Gasteiger partial charge in [0.2, 0.25) is 0 Å². The average Bonchev–Trinajstić information content (AvgIpc) is 2.03. The van der Waals surface area contributed by atoms with Crippen LogP contribution >= 0.6 is 33.5 Å². The van der Waals surface area contributed by atoms with Gasteiger partial charge in [-0.25, -0.2) is 4.79 Å². The Morgan fingerprint density at radius 3 is 1.36 bits per heavy atom. The van der Waals surface area contributed by atoms with E-state index < -0.39 is 6.09 Å². The fourth-order valence-corrected chi connectivity index (χ4v) is 0. The van der Waals surface area contributed by atoms with E-state index in [1.807, 2.05) is 0 Å². The standard InChI is InChI=1S/C4H11NS.C2H6S2.CH3NO2/c1-4(2,3)6-5;1-3-4-2;2-1(3)4/h5H2,1-3H3;1-2H3;2H2,(H,3,4). The Kier molecular flexibility index (Phi) is 18.8. The van der Waals surface area contributed by atoms with E-state index in [0.29, 0.717) is 0 Å². The summed E-state index contributed by atoms with van der Waals surface area (Å²) < 4.78 is 0.236. The quantitative estimate of drug-likeness (QED) is 0.496. The average molecular weight is 260 g/mol. The van der Waals surface area contributed by atoms with E-state index >= 15 is 0 Å². The summed E-state index contributed by atoms with van der Waals surface area (Å²) in [5.41, 5.74) is 4.03. The van der Waals surface area contributed by atoms with Gasteiger partial charge in [-0.2, -0.15) is 0 Å². The highest BCUT2D eigenvalue weighted by Crippen LogP contribution is 2.15. The molecule has 0 aliphatic heterocycles. The molecule has 0 saturated carbocycles. The van der Waals surface area contributed by atoms with E-state index in [2.05, 4.69) is 39.0 Å². The van der Waals surface area contributed by atoms with Crippen LogP contribution in [0.4, 0.5) is 4.79 Å². The Morgan fingerprint density at radius 1 is 1.21 bits per heavy atom. The zero-order valence-corrected chi connectivity index (χ0v) is 11.7. The predicted octanol–water partition coefficient (Wildman–Crippen LogP) is 2.64. The van der Waals surface area contributed by atoms with E-state index in [1.165, 1.54) is 11.9 Å². The van der Waals surface area contributed by atoms with Crippen LogP contribution in [-0.4, -0.2) is 28.5 Å². The number of carboxylic acid groups (broad SMARTS) is 1. The Morgan fingerprint density at radius 2 is 1.36 bits per heavy atom. The molecular weight excluding hydrogens is 240 g/mol. The minimum absolute atomic E-state index is 0.236. The van der Waals surface area contributed by atoms with Crippen LogP contribution in [0.15, 0.2) is 0 Å². The number of amides is 1. The Labute approximate surface area is 98.5 Å². The van der Waals surface area contributed by atoms with Crippen molar-refractivity contribution < 1.29 is 9.90 Å². The molecule has 1 amide bonds. The molecule has 0 aromatic rings. The molecule has 0 rings (SSSR count). The van der Waals surface area contributed by atoms with Gasteiger partial charge in [0.15, 0.2) is 0 Å². The lowest BCUT2D eigenvalue weighted by Gasteiger charge is -2.11. The third-order valence-corrected chi connectivity index (χ3v) is 2.56. The third-order valence-electron chi connectivity index (χ3n) is 0.520. The molecular formula is C7H20N2O2S3. The maximum absolute atomic E-state index is 8.78. The van der Waals surface area contributed by atoms with Crippen molar-refractivity contribution >= 4 is 39.6 Å². The largest absolute Gasteiger partial charge is 0.465 e. The topological polar surface area (TPSA) is 89.3 Å². The van der Waals surface area contributed by atoms with E-state index in [1.54, 1.807) is 21.6 Å². The smallest absolute Gasteiger partial charge is 0.402 e. The van der Waals surface area contributed by atoms with Crippen LogP contribution in [0.5, 0.6) is 0 Å². The van der Waals surface area contributed by atoms with Crippen LogP contribution in [0.3, 0.4) is 0 Å². The Hall–Kier alpha value is 0.280. The molecule has 0 aliphatic rings. The summed E-state index contributed by atoms with van der Waals surface area (Å²) in [6.45, 7) is 6.24. The van der Waals surface area contributed by atoms with Crippen molar-refractivity contribution in [2.24, 2.45) is 10.9 Å². The van der Waals surface area contributed by atoms with Gasteiger partial charge in [-0.3, -0.25) is 5.14 Å². The number of nitrogens with two attached hydrogens (primary N) is 2. The number of hydrogen-bond acceptors (Lipinski definition) is 5. The number of rotatable bonds is 1. The number of carbonyl (C=O) groups is 1. The lowest BCUT2D eigenvalue weighted by Crippen LogP contribution is -2.09. The van der Waals surface area contributed by atoms with Crippen molar-refractivity contribution in [1.29, 1.82) is 0 Å². The molecule has 0 aliphatic carbocycles. The molecule has 0 fully saturated rings.